The van der Waals surface area contributed by atoms with Crippen molar-refractivity contribution in [1.82, 2.24) is 4.98 Å². The highest BCUT2D eigenvalue weighted by atomic mass is 79.9. The van der Waals surface area contributed by atoms with E-state index in [1.54, 1.807) is 6.20 Å². The molecule has 1 rings (SSSR count). The summed E-state index contributed by atoms with van der Waals surface area (Å²) in [5.41, 5.74) is 0.650. The third-order valence-electron chi connectivity index (χ3n) is 2.93. The Morgan fingerprint density at radius 2 is 1.76 bits per heavy atom. The number of carbonyl (C=O) groups excluding carboxylic acids is 1. The minimum atomic E-state index is -0.400. The van der Waals surface area contributed by atoms with Crippen LogP contribution in [0.3, 0.4) is 0 Å². The van der Waals surface area contributed by atoms with Crippen molar-refractivity contribution in [2.75, 3.05) is 5.32 Å². The standard InChI is InChI=1S/C11H15BrN2O.C6H14/c1-7-5-9(13-6-8(7)12)14-10(15)11(2,3)4;1-3-5-6-4-2/h5-6H,1-4H3,(H,13,14,15);3-6H2,1-2H3. The Bertz CT molecular complexity index is 435. The van der Waals surface area contributed by atoms with Gasteiger partial charge in [-0.15, -0.1) is 0 Å². The van der Waals surface area contributed by atoms with Crippen LogP contribution in [0, 0.1) is 12.3 Å². The van der Waals surface area contributed by atoms with Crippen molar-refractivity contribution in [3.8, 4) is 0 Å². The number of unbranched alkanes of at least 4 members (excludes halogenated alkanes) is 3. The fourth-order valence-electron chi connectivity index (χ4n) is 1.41. The second kappa shape index (κ2) is 9.93. The molecular weight excluding hydrogens is 328 g/mol. The number of nitrogens with one attached hydrogen (secondary N) is 1. The molecule has 21 heavy (non-hydrogen) atoms. The van der Waals surface area contributed by atoms with Gasteiger partial charge in [0, 0.05) is 16.1 Å². The second-order valence-electron chi connectivity index (χ2n) is 6.23. The van der Waals surface area contributed by atoms with Gasteiger partial charge in [0.05, 0.1) is 0 Å². The van der Waals surface area contributed by atoms with Gasteiger partial charge in [-0.25, -0.2) is 4.98 Å². The van der Waals surface area contributed by atoms with Crippen molar-refractivity contribution in [2.45, 2.75) is 67.2 Å². The molecule has 0 spiro atoms. The van der Waals surface area contributed by atoms with Gasteiger partial charge in [0.15, 0.2) is 0 Å². The lowest BCUT2D eigenvalue weighted by atomic mass is 9.96. The lowest BCUT2D eigenvalue weighted by molar-refractivity contribution is -0.123. The number of pyridine rings is 1. The summed E-state index contributed by atoms with van der Waals surface area (Å²) in [7, 11) is 0. The Kier molecular flexibility index (Phi) is 9.51. The van der Waals surface area contributed by atoms with Gasteiger partial charge in [0.2, 0.25) is 5.91 Å². The fourth-order valence-corrected chi connectivity index (χ4v) is 1.63. The second-order valence-corrected chi connectivity index (χ2v) is 7.08. The van der Waals surface area contributed by atoms with Crippen molar-refractivity contribution in [3.05, 3.63) is 22.3 Å². The van der Waals surface area contributed by atoms with E-state index in [9.17, 15) is 4.79 Å². The molecule has 0 unspecified atom stereocenters. The van der Waals surface area contributed by atoms with Crippen LogP contribution < -0.4 is 5.32 Å². The van der Waals surface area contributed by atoms with Crippen LogP contribution in [-0.4, -0.2) is 10.9 Å². The smallest absolute Gasteiger partial charge is 0.230 e. The Morgan fingerprint density at radius 1 is 1.24 bits per heavy atom. The Balaban J connectivity index is 0.000000567. The molecule has 3 nitrogen and oxygen atoms in total. The first-order chi connectivity index (χ1) is 9.72. The minimum Gasteiger partial charge on any atom is -0.310 e. The summed E-state index contributed by atoms with van der Waals surface area (Å²) in [5, 5.41) is 2.78. The van der Waals surface area contributed by atoms with Crippen molar-refractivity contribution in [2.24, 2.45) is 5.41 Å². The molecule has 1 aromatic heterocycles. The number of aryl methyl sites for hydroxylation is 1. The summed E-state index contributed by atoms with van der Waals surface area (Å²) in [6.45, 7) is 12.0. The van der Waals surface area contributed by atoms with E-state index in [-0.39, 0.29) is 5.91 Å². The molecule has 0 aliphatic heterocycles. The van der Waals surface area contributed by atoms with Gasteiger partial charge in [0.1, 0.15) is 5.82 Å². The molecule has 0 bridgehead atoms. The quantitative estimate of drug-likeness (QED) is 0.700. The van der Waals surface area contributed by atoms with E-state index >= 15 is 0 Å². The number of hydrogen-bond acceptors (Lipinski definition) is 2. The largest absolute Gasteiger partial charge is 0.310 e. The number of anilines is 1. The van der Waals surface area contributed by atoms with E-state index in [0.29, 0.717) is 5.82 Å². The van der Waals surface area contributed by atoms with Crippen LogP contribution in [0.25, 0.3) is 0 Å². The molecule has 1 heterocycles. The molecule has 0 atom stereocenters. The van der Waals surface area contributed by atoms with Gasteiger partial charge in [-0.2, -0.15) is 0 Å². The van der Waals surface area contributed by atoms with Crippen LogP contribution in [0.2, 0.25) is 0 Å². The lowest BCUT2D eigenvalue weighted by Crippen LogP contribution is -2.28. The summed E-state index contributed by atoms with van der Waals surface area (Å²) < 4.78 is 0.941. The zero-order chi connectivity index (χ0) is 16.5. The molecule has 0 aliphatic carbocycles. The molecule has 0 saturated heterocycles. The van der Waals surface area contributed by atoms with E-state index in [4.69, 9.17) is 0 Å². The highest BCUT2D eigenvalue weighted by molar-refractivity contribution is 9.10. The first-order valence-corrected chi connectivity index (χ1v) is 8.45. The number of nitrogens with zero attached hydrogens (tertiary/aromatic N) is 1. The zero-order valence-electron chi connectivity index (χ0n) is 14.2. The number of hydrogen-bond donors (Lipinski definition) is 1. The van der Waals surface area contributed by atoms with E-state index in [1.807, 2.05) is 33.8 Å². The normalized spacial score (nSPS) is 10.6. The summed E-state index contributed by atoms with van der Waals surface area (Å²) in [5.74, 6) is 0.562. The summed E-state index contributed by atoms with van der Waals surface area (Å²) in [6.07, 6.45) is 7.22. The van der Waals surface area contributed by atoms with Gasteiger partial charge in [0.25, 0.3) is 0 Å². The highest BCUT2D eigenvalue weighted by Crippen LogP contribution is 2.20. The maximum atomic E-state index is 11.7. The van der Waals surface area contributed by atoms with Gasteiger partial charge in [-0.3, -0.25) is 4.79 Å². The predicted octanol–water partition coefficient (Wildman–Crippen LogP) is 5.72. The van der Waals surface area contributed by atoms with Crippen LogP contribution >= 0.6 is 15.9 Å². The molecule has 0 fully saturated rings. The third kappa shape index (κ3) is 8.86. The lowest BCUT2D eigenvalue weighted by Gasteiger charge is -2.17. The first kappa shape index (κ1) is 20.1. The monoisotopic (exact) mass is 356 g/mol. The number of rotatable bonds is 4. The summed E-state index contributed by atoms with van der Waals surface area (Å²) in [4.78, 5) is 15.8. The molecule has 120 valence electrons. The average molecular weight is 357 g/mol. The highest BCUT2D eigenvalue weighted by Gasteiger charge is 2.21. The van der Waals surface area contributed by atoms with Gasteiger partial charge in [-0.05, 0) is 34.5 Å². The Morgan fingerprint density at radius 3 is 2.14 bits per heavy atom. The van der Waals surface area contributed by atoms with Gasteiger partial charge in [-0.1, -0.05) is 60.3 Å². The molecule has 4 heteroatoms. The van der Waals surface area contributed by atoms with Crippen LogP contribution in [0.1, 0.15) is 65.9 Å². The van der Waals surface area contributed by atoms with Crippen molar-refractivity contribution in [3.63, 3.8) is 0 Å². The van der Waals surface area contributed by atoms with E-state index in [0.717, 1.165) is 10.0 Å². The predicted molar refractivity (Wildman–Crippen MR) is 94.6 cm³/mol. The molecular formula is C17H29BrN2O. The van der Waals surface area contributed by atoms with Crippen LogP contribution in [0.4, 0.5) is 5.82 Å². The minimum absolute atomic E-state index is 0.0308. The van der Waals surface area contributed by atoms with E-state index in [1.165, 1.54) is 25.7 Å². The zero-order valence-corrected chi connectivity index (χ0v) is 15.8. The summed E-state index contributed by atoms with van der Waals surface area (Å²) >= 11 is 3.36. The van der Waals surface area contributed by atoms with Crippen LogP contribution in [0.15, 0.2) is 16.7 Å². The Labute approximate surface area is 138 Å². The van der Waals surface area contributed by atoms with Crippen molar-refractivity contribution >= 4 is 27.7 Å². The fraction of sp³-hybridized carbons (Fsp3) is 0.647. The number of amides is 1. The molecule has 0 aliphatic rings. The number of aromatic nitrogens is 1. The SMILES string of the molecule is CCCCCC.Cc1cc(NC(=O)C(C)(C)C)ncc1Br. The topological polar surface area (TPSA) is 42.0 Å². The van der Waals surface area contributed by atoms with E-state index < -0.39 is 5.41 Å². The summed E-state index contributed by atoms with van der Waals surface area (Å²) in [6, 6.07) is 1.84. The molecule has 0 saturated carbocycles. The molecule has 0 aromatic carbocycles. The third-order valence-corrected chi connectivity index (χ3v) is 3.76. The first-order valence-electron chi connectivity index (χ1n) is 7.66. The van der Waals surface area contributed by atoms with Gasteiger partial charge >= 0.3 is 0 Å². The molecule has 1 amide bonds. The molecule has 1 N–H and O–H groups in total. The maximum absolute atomic E-state index is 11.7. The Hall–Kier alpha value is -0.900. The van der Waals surface area contributed by atoms with Gasteiger partial charge < -0.3 is 5.32 Å². The van der Waals surface area contributed by atoms with E-state index in [2.05, 4.69) is 40.1 Å². The van der Waals surface area contributed by atoms with Crippen LogP contribution in [0.5, 0.6) is 0 Å². The number of halogens is 1. The van der Waals surface area contributed by atoms with Crippen molar-refractivity contribution in [1.29, 1.82) is 0 Å². The molecule has 0 radical (unpaired) electrons. The number of carbonyl (C=O) groups is 1. The maximum Gasteiger partial charge on any atom is 0.230 e. The van der Waals surface area contributed by atoms with Crippen LogP contribution in [-0.2, 0) is 4.79 Å². The van der Waals surface area contributed by atoms with Crippen molar-refractivity contribution < 1.29 is 4.79 Å². The average Bonchev–Trinajstić information content (AvgIpc) is 2.40. The molecule has 1 aromatic rings.